The number of amides is 1. The molecule has 1 aliphatic carbocycles. The lowest BCUT2D eigenvalue weighted by Crippen LogP contribution is -2.35. The maximum atomic E-state index is 12.3. The van der Waals surface area contributed by atoms with Gasteiger partial charge in [-0.2, -0.15) is 5.10 Å². The third-order valence-corrected chi connectivity index (χ3v) is 7.50. The van der Waals surface area contributed by atoms with Gasteiger partial charge >= 0.3 is 0 Å². The van der Waals surface area contributed by atoms with E-state index in [0.29, 0.717) is 16.9 Å². The zero-order valence-electron chi connectivity index (χ0n) is 19.3. The predicted octanol–water partition coefficient (Wildman–Crippen LogP) is 3.76. The number of hydrogen-bond acceptors (Lipinski definition) is 6. The molecule has 3 heterocycles. The van der Waals surface area contributed by atoms with Gasteiger partial charge in [0.1, 0.15) is 10.4 Å². The van der Waals surface area contributed by atoms with Crippen LogP contribution >= 0.6 is 15.9 Å². The standard InChI is InChI=1S/C25H27BrN6O2/c1-25(24(34)27-2)7-5-15(13-25)10-20-29-14-19-22(26)31-32(23(19)30-20)18-11-16-4-3-8-28-21(16)17(12-18)6-9-33/h3-4,8,11-12,14-15,33H,5-7,9-10,13H2,1-2H3,(H,27,34)/t15-,25+/m0/s1. The van der Waals surface area contributed by atoms with Gasteiger partial charge in [-0.15, -0.1) is 0 Å². The summed E-state index contributed by atoms with van der Waals surface area (Å²) >= 11 is 3.56. The van der Waals surface area contributed by atoms with Crippen LogP contribution in [-0.2, 0) is 17.6 Å². The lowest BCUT2D eigenvalue weighted by atomic mass is 9.86. The van der Waals surface area contributed by atoms with E-state index < -0.39 is 0 Å². The first-order chi connectivity index (χ1) is 16.4. The zero-order chi connectivity index (χ0) is 23.9. The summed E-state index contributed by atoms with van der Waals surface area (Å²) in [5.41, 5.74) is 3.10. The van der Waals surface area contributed by atoms with Gasteiger partial charge in [0.15, 0.2) is 5.65 Å². The number of fused-ring (bicyclic) bond motifs is 2. The third-order valence-electron chi connectivity index (χ3n) is 6.91. The number of carbonyl (C=O) groups is 1. The van der Waals surface area contributed by atoms with Gasteiger partial charge in [-0.05, 0) is 71.3 Å². The Labute approximate surface area is 205 Å². The van der Waals surface area contributed by atoms with Crippen LogP contribution in [0.15, 0.2) is 41.3 Å². The molecule has 1 amide bonds. The van der Waals surface area contributed by atoms with Crippen molar-refractivity contribution in [3.63, 3.8) is 0 Å². The fourth-order valence-electron chi connectivity index (χ4n) is 5.17. The number of aliphatic hydroxyl groups is 1. The highest BCUT2D eigenvalue weighted by molar-refractivity contribution is 9.10. The van der Waals surface area contributed by atoms with Crippen LogP contribution in [0.3, 0.4) is 0 Å². The minimum absolute atomic E-state index is 0.0430. The quantitative estimate of drug-likeness (QED) is 0.399. The summed E-state index contributed by atoms with van der Waals surface area (Å²) in [5, 5.41) is 18.9. The Kier molecular flexibility index (Phi) is 6.07. The fourth-order valence-corrected chi connectivity index (χ4v) is 5.61. The van der Waals surface area contributed by atoms with Crippen LogP contribution in [0.4, 0.5) is 0 Å². The second-order valence-electron chi connectivity index (χ2n) is 9.33. The van der Waals surface area contributed by atoms with E-state index in [2.05, 4.69) is 31.2 Å². The molecular weight excluding hydrogens is 496 g/mol. The Balaban J connectivity index is 1.52. The topological polar surface area (TPSA) is 106 Å². The Morgan fingerprint density at radius 1 is 1.35 bits per heavy atom. The molecule has 0 spiro atoms. The van der Waals surface area contributed by atoms with Crippen LogP contribution in [0.1, 0.15) is 37.6 Å². The SMILES string of the molecule is CNC(=O)[C@]1(C)CC[C@@H](Cc2ncc3c(Br)nn(-c4cc(CCO)c5ncccc5c4)c3n2)C1. The number of nitrogens with one attached hydrogen (secondary N) is 1. The molecule has 8 nitrogen and oxygen atoms in total. The minimum Gasteiger partial charge on any atom is -0.396 e. The molecule has 0 saturated heterocycles. The maximum Gasteiger partial charge on any atom is 0.225 e. The molecule has 1 aromatic carbocycles. The molecule has 1 aliphatic rings. The first-order valence-corrected chi connectivity index (χ1v) is 12.3. The molecule has 0 bridgehead atoms. The number of pyridine rings is 1. The second-order valence-corrected chi connectivity index (χ2v) is 10.1. The molecule has 2 N–H and O–H groups in total. The summed E-state index contributed by atoms with van der Waals surface area (Å²) in [5.74, 6) is 1.23. The van der Waals surface area contributed by atoms with Gasteiger partial charge in [0.25, 0.3) is 0 Å². The highest BCUT2D eigenvalue weighted by atomic mass is 79.9. The molecule has 0 radical (unpaired) electrons. The Morgan fingerprint density at radius 2 is 2.21 bits per heavy atom. The smallest absolute Gasteiger partial charge is 0.225 e. The summed E-state index contributed by atoms with van der Waals surface area (Å²) in [6.45, 7) is 2.09. The van der Waals surface area contributed by atoms with Crippen LogP contribution in [-0.4, -0.2) is 49.4 Å². The van der Waals surface area contributed by atoms with Crippen molar-refractivity contribution >= 4 is 43.8 Å². The van der Waals surface area contributed by atoms with Crippen LogP contribution in [0.5, 0.6) is 0 Å². The van der Waals surface area contributed by atoms with Crippen molar-refractivity contribution in [3.8, 4) is 5.69 Å². The van der Waals surface area contributed by atoms with E-state index in [1.165, 1.54) is 0 Å². The molecule has 176 valence electrons. The van der Waals surface area contributed by atoms with E-state index in [1.54, 1.807) is 13.2 Å². The average molecular weight is 523 g/mol. The number of carbonyl (C=O) groups excluding carboxylic acids is 1. The second kappa shape index (κ2) is 9.03. The molecule has 0 unspecified atom stereocenters. The maximum absolute atomic E-state index is 12.3. The highest BCUT2D eigenvalue weighted by Gasteiger charge is 2.40. The Bertz CT molecular complexity index is 1390. The lowest BCUT2D eigenvalue weighted by molar-refractivity contribution is -0.129. The van der Waals surface area contributed by atoms with E-state index in [4.69, 9.17) is 10.1 Å². The number of benzene rings is 1. The number of aliphatic hydroxyl groups excluding tert-OH is 1. The molecule has 3 aromatic heterocycles. The van der Waals surface area contributed by atoms with Gasteiger partial charge in [-0.3, -0.25) is 9.78 Å². The Morgan fingerprint density at radius 3 is 3.00 bits per heavy atom. The summed E-state index contributed by atoms with van der Waals surface area (Å²) < 4.78 is 2.50. The first kappa shape index (κ1) is 22.9. The van der Waals surface area contributed by atoms with Crippen LogP contribution in [0.2, 0.25) is 0 Å². The average Bonchev–Trinajstić information content (AvgIpc) is 3.38. The first-order valence-electron chi connectivity index (χ1n) is 11.5. The molecule has 1 saturated carbocycles. The number of halogens is 1. The van der Waals surface area contributed by atoms with Crippen molar-refractivity contribution in [2.24, 2.45) is 11.3 Å². The van der Waals surface area contributed by atoms with Crippen LogP contribution in [0, 0.1) is 11.3 Å². The van der Waals surface area contributed by atoms with E-state index in [-0.39, 0.29) is 17.9 Å². The van der Waals surface area contributed by atoms with Gasteiger partial charge in [0.05, 0.1) is 16.6 Å². The van der Waals surface area contributed by atoms with Gasteiger partial charge in [0.2, 0.25) is 5.91 Å². The molecule has 0 aliphatic heterocycles. The monoisotopic (exact) mass is 522 g/mol. The molecule has 1 fully saturated rings. The molecule has 34 heavy (non-hydrogen) atoms. The van der Waals surface area contributed by atoms with E-state index in [0.717, 1.165) is 64.7 Å². The van der Waals surface area contributed by atoms with Crippen molar-refractivity contribution in [2.45, 2.75) is 39.0 Å². The van der Waals surface area contributed by atoms with E-state index in [1.807, 2.05) is 42.1 Å². The summed E-state index contributed by atoms with van der Waals surface area (Å²) in [6, 6.07) is 7.96. The highest BCUT2D eigenvalue weighted by Crippen LogP contribution is 2.42. The normalized spacial score (nSPS) is 20.3. The third kappa shape index (κ3) is 4.07. The van der Waals surface area contributed by atoms with Gasteiger partial charge in [0, 0.05) is 43.3 Å². The van der Waals surface area contributed by atoms with Crippen molar-refractivity contribution in [2.75, 3.05) is 13.7 Å². The molecule has 9 heteroatoms. The number of nitrogens with zero attached hydrogens (tertiary/aromatic N) is 5. The molecule has 5 rings (SSSR count). The Hall–Kier alpha value is -2.91. The zero-order valence-corrected chi connectivity index (χ0v) is 20.8. The van der Waals surface area contributed by atoms with E-state index in [9.17, 15) is 9.90 Å². The minimum atomic E-state index is -0.323. The summed E-state index contributed by atoms with van der Waals surface area (Å²) in [7, 11) is 1.70. The van der Waals surface area contributed by atoms with Gasteiger partial charge < -0.3 is 10.4 Å². The largest absolute Gasteiger partial charge is 0.396 e. The van der Waals surface area contributed by atoms with Crippen LogP contribution < -0.4 is 5.32 Å². The van der Waals surface area contributed by atoms with Gasteiger partial charge in [-0.1, -0.05) is 13.0 Å². The van der Waals surface area contributed by atoms with Crippen molar-refractivity contribution in [1.82, 2.24) is 30.0 Å². The fraction of sp³-hybridized carbons (Fsp3) is 0.400. The number of hydrogen-bond donors (Lipinski definition) is 2. The molecule has 2 atom stereocenters. The van der Waals surface area contributed by atoms with Gasteiger partial charge in [-0.25, -0.2) is 14.6 Å². The predicted molar refractivity (Wildman–Crippen MR) is 134 cm³/mol. The van der Waals surface area contributed by atoms with Crippen LogP contribution in [0.25, 0.3) is 27.6 Å². The number of rotatable bonds is 6. The molecular formula is C25H27BrN6O2. The summed E-state index contributed by atoms with van der Waals surface area (Å²) in [6.07, 6.45) is 7.50. The number of aromatic nitrogens is 5. The lowest BCUT2D eigenvalue weighted by Gasteiger charge is -2.21. The van der Waals surface area contributed by atoms with Crippen molar-refractivity contribution in [1.29, 1.82) is 0 Å². The van der Waals surface area contributed by atoms with E-state index >= 15 is 0 Å². The van der Waals surface area contributed by atoms with Crippen molar-refractivity contribution < 1.29 is 9.90 Å². The molecule has 4 aromatic rings. The summed E-state index contributed by atoms with van der Waals surface area (Å²) in [4.78, 5) is 26.3. The van der Waals surface area contributed by atoms with Crippen molar-refractivity contribution in [3.05, 3.63) is 52.7 Å².